The smallest absolute Gasteiger partial charge is 0.0831 e. The van der Waals surface area contributed by atoms with Gasteiger partial charge in [-0.25, -0.2) is 0 Å². The molecule has 0 radical (unpaired) electrons. The summed E-state index contributed by atoms with van der Waals surface area (Å²) in [5, 5.41) is 11.9. The number of nitrogens with one attached hydrogen (secondary N) is 1. The Labute approximate surface area is 154 Å². The zero-order valence-electron chi connectivity index (χ0n) is 15.3. The number of fused-ring (bicyclic) bond motifs is 1. The SMILES string of the molecule is Cc1cc(C2=CNN3C2=CN(c2ccc(C(C)O)cc2)CC3C)ccn1. The molecule has 0 saturated carbocycles. The van der Waals surface area contributed by atoms with E-state index in [2.05, 4.69) is 57.8 Å². The summed E-state index contributed by atoms with van der Waals surface area (Å²) in [5.74, 6) is 0. The van der Waals surface area contributed by atoms with Crippen molar-refractivity contribution in [1.82, 2.24) is 15.4 Å². The highest BCUT2D eigenvalue weighted by atomic mass is 16.3. The summed E-state index contributed by atoms with van der Waals surface area (Å²) in [6.07, 6.45) is 5.67. The lowest BCUT2D eigenvalue weighted by Crippen LogP contribution is -2.47. The summed E-state index contributed by atoms with van der Waals surface area (Å²) >= 11 is 0. The maximum atomic E-state index is 9.72. The van der Waals surface area contributed by atoms with E-state index in [1.807, 2.05) is 31.3 Å². The largest absolute Gasteiger partial charge is 0.389 e. The molecule has 26 heavy (non-hydrogen) atoms. The maximum absolute atomic E-state index is 9.72. The second-order valence-electron chi connectivity index (χ2n) is 7.03. The molecule has 4 rings (SSSR count). The van der Waals surface area contributed by atoms with Gasteiger partial charge in [0.1, 0.15) is 0 Å². The van der Waals surface area contributed by atoms with E-state index in [0.717, 1.165) is 34.8 Å². The number of aryl methyl sites for hydroxylation is 1. The van der Waals surface area contributed by atoms with Crippen LogP contribution in [0, 0.1) is 6.92 Å². The highest BCUT2D eigenvalue weighted by molar-refractivity contribution is 5.81. The molecule has 3 heterocycles. The quantitative estimate of drug-likeness (QED) is 0.891. The molecular formula is C21H24N4O. The number of allylic oxidation sites excluding steroid dienone is 1. The molecule has 2 N–H and O–H groups in total. The predicted molar refractivity (Wildman–Crippen MR) is 104 cm³/mol. The average molecular weight is 348 g/mol. The van der Waals surface area contributed by atoms with Gasteiger partial charge in [0.15, 0.2) is 0 Å². The summed E-state index contributed by atoms with van der Waals surface area (Å²) in [6, 6.07) is 12.6. The van der Waals surface area contributed by atoms with Gasteiger partial charge in [-0.15, -0.1) is 0 Å². The molecule has 5 nitrogen and oxygen atoms in total. The van der Waals surface area contributed by atoms with Crippen LogP contribution in [-0.4, -0.2) is 27.7 Å². The summed E-state index contributed by atoms with van der Waals surface area (Å²) in [4.78, 5) is 6.58. The van der Waals surface area contributed by atoms with Crippen LogP contribution in [-0.2, 0) is 0 Å². The highest BCUT2D eigenvalue weighted by Gasteiger charge is 2.31. The van der Waals surface area contributed by atoms with E-state index in [0.29, 0.717) is 6.04 Å². The van der Waals surface area contributed by atoms with Gasteiger partial charge in [-0.05, 0) is 56.2 Å². The number of hydrazine groups is 1. The molecule has 5 heteroatoms. The lowest BCUT2D eigenvalue weighted by Gasteiger charge is -2.38. The second kappa shape index (κ2) is 6.50. The van der Waals surface area contributed by atoms with Gasteiger partial charge in [-0.2, -0.15) is 0 Å². The first-order valence-corrected chi connectivity index (χ1v) is 8.98. The number of aromatic nitrogens is 1. The van der Waals surface area contributed by atoms with Crippen LogP contribution in [0.25, 0.3) is 5.57 Å². The van der Waals surface area contributed by atoms with E-state index in [1.54, 1.807) is 6.92 Å². The third kappa shape index (κ3) is 2.95. The van der Waals surface area contributed by atoms with Crippen LogP contribution in [0.3, 0.4) is 0 Å². The molecule has 2 aromatic rings. The first kappa shape index (κ1) is 16.7. The monoisotopic (exact) mass is 348 g/mol. The van der Waals surface area contributed by atoms with Crippen LogP contribution in [0.4, 0.5) is 5.69 Å². The van der Waals surface area contributed by atoms with Crippen LogP contribution >= 0.6 is 0 Å². The molecule has 1 aromatic heterocycles. The number of hydrogen-bond donors (Lipinski definition) is 2. The third-order valence-electron chi connectivity index (χ3n) is 4.98. The Bertz CT molecular complexity index is 870. The van der Waals surface area contributed by atoms with Crippen molar-refractivity contribution < 1.29 is 5.11 Å². The van der Waals surface area contributed by atoms with Crippen molar-refractivity contribution in [2.24, 2.45) is 0 Å². The molecule has 2 unspecified atom stereocenters. The van der Waals surface area contributed by atoms with Gasteiger partial charge in [-0.3, -0.25) is 9.99 Å². The van der Waals surface area contributed by atoms with E-state index in [4.69, 9.17) is 0 Å². The number of pyridine rings is 1. The van der Waals surface area contributed by atoms with E-state index < -0.39 is 6.10 Å². The van der Waals surface area contributed by atoms with Gasteiger partial charge in [0.2, 0.25) is 0 Å². The Balaban J connectivity index is 1.68. The molecule has 0 aliphatic carbocycles. The summed E-state index contributed by atoms with van der Waals surface area (Å²) in [7, 11) is 0. The number of nitrogens with zero attached hydrogens (tertiary/aromatic N) is 3. The second-order valence-corrected chi connectivity index (χ2v) is 7.03. The number of rotatable bonds is 3. The van der Waals surface area contributed by atoms with Crippen molar-refractivity contribution in [3.05, 3.63) is 77.5 Å². The van der Waals surface area contributed by atoms with Crippen molar-refractivity contribution in [3.63, 3.8) is 0 Å². The molecule has 2 aliphatic heterocycles. The van der Waals surface area contributed by atoms with Gasteiger partial charge < -0.3 is 15.4 Å². The van der Waals surface area contributed by atoms with Gasteiger partial charge >= 0.3 is 0 Å². The Hall–Kier alpha value is -2.79. The van der Waals surface area contributed by atoms with E-state index in [-0.39, 0.29) is 0 Å². The first-order valence-electron chi connectivity index (χ1n) is 8.98. The molecule has 2 atom stereocenters. The molecular weight excluding hydrogens is 324 g/mol. The highest BCUT2D eigenvalue weighted by Crippen LogP contribution is 2.35. The molecule has 0 amide bonds. The molecule has 1 aromatic carbocycles. The van der Waals surface area contributed by atoms with Crippen molar-refractivity contribution in [2.75, 3.05) is 11.4 Å². The standard InChI is InChI=1S/C21H24N4O/c1-14-10-18(8-9-22-14)20-11-23-25-15(2)12-24(13-21(20)25)19-6-4-17(5-7-19)16(3)26/h4-11,13,15-16,23,26H,12H2,1-3H3. The minimum Gasteiger partial charge on any atom is -0.389 e. The molecule has 0 bridgehead atoms. The van der Waals surface area contributed by atoms with Gasteiger partial charge in [-0.1, -0.05) is 12.1 Å². The van der Waals surface area contributed by atoms with Crippen LogP contribution in [0.15, 0.2) is 60.7 Å². The fourth-order valence-electron chi connectivity index (χ4n) is 3.54. The Morgan fingerprint density at radius 2 is 2.00 bits per heavy atom. The maximum Gasteiger partial charge on any atom is 0.0831 e. The number of aliphatic hydroxyl groups excluding tert-OH is 1. The minimum absolute atomic E-state index is 0.322. The van der Waals surface area contributed by atoms with Crippen LogP contribution < -0.4 is 10.3 Å². The number of hydrogen-bond acceptors (Lipinski definition) is 5. The zero-order chi connectivity index (χ0) is 18.3. The normalized spacial score (nSPS) is 20.2. The minimum atomic E-state index is -0.443. The Morgan fingerprint density at radius 3 is 2.69 bits per heavy atom. The molecule has 134 valence electrons. The zero-order valence-corrected chi connectivity index (χ0v) is 15.3. The fourth-order valence-corrected chi connectivity index (χ4v) is 3.54. The van der Waals surface area contributed by atoms with Crippen molar-refractivity contribution >= 4 is 11.3 Å². The number of anilines is 1. The van der Waals surface area contributed by atoms with E-state index >= 15 is 0 Å². The fraction of sp³-hybridized carbons (Fsp3) is 0.286. The van der Waals surface area contributed by atoms with Gasteiger partial charge in [0.25, 0.3) is 0 Å². The third-order valence-corrected chi connectivity index (χ3v) is 4.98. The molecule has 0 saturated heterocycles. The topological polar surface area (TPSA) is 51.6 Å². The van der Waals surface area contributed by atoms with Crippen LogP contribution in [0.5, 0.6) is 0 Å². The first-order chi connectivity index (χ1) is 12.5. The summed E-state index contributed by atoms with van der Waals surface area (Å²) in [6.45, 7) is 6.90. The number of aliphatic hydroxyl groups is 1. The Morgan fingerprint density at radius 1 is 1.23 bits per heavy atom. The molecule has 0 spiro atoms. The van der Waals surface area contributed by atoms with Crippen molar-refractivity contribution in [2.45, 2.75) is 32.9 Å². The van der Waals surface area contributed by atoms with Crippen LogP contribution in [0.1, 0.15) is 36.8 Å². The summed E-state index contributed by atoms with van der Waals surface area (Å²) in [5.41, 5.74) is 9.97. The van der Waals surface area contributed by atoms with Crippen molar-refractivity contribution in [3.8, 4) is 0 Å². The number of benzene rings is 1. The lowest BCUT2D eigenvalue weighted by molar-refractivity contribution is 0.199. The van der Waals surface area contributed by atoms with Crippen molar-refractivity contribution in [1.29, 1.82) is 0 Å². The van der Waals surface area contributed by atoms with Gasteiger partial charge in [0.05, 0.1) is 17.8 Å². The summed E-state index contributed by atoms with van der Waals surface area (Å²) < 4.78 is 0. The van der Waals surface area contributed by atoms with E-state index in [1.165, 1.54) is 5.57 Å². The predicted octanol–water partition coefficient (Wildman–Crippen LogP) is 3.35. The van der Waals surface area contributed by atoms with Gasteiger partial charge in [0, 0.05) is 42.1 Å². The van der Waals surface area contributed by atoms with Crippen LogP contribution in [0.2, 0.25) is 0 Å². The molecule has 2 aliphatic rings. The molecule has 0 fully saturated rings. The lowest BCUT2D eigenvalue weighted by atomic mass is 10.0. The average Bonchev–Trinajstić information content (AvgIpc) is 3.06. The van der Waals surface area contributed by atoms with E-state index in [9.17, 15) is 5.11 Å². The Kier molecular flexibility index (Phi) is 4.17.